The zero-order chi connectivity index (χ0) is 100. The molecule has 38 nitrogen and oxygen atoms in total. The summed E-state index contributed by atoms with van der Waals surface area (Å²) in [5.41, 5.74) is 5.37. The van der Waals surface area contributed by atoms with Gasteiger partial charge in [0.2, 0.25) is 5.82 Å². The maximum atomic E-state index is 9.57. The molecule has 0 aliphatic heterocycles. The largest absolute Gasteiger partial charge is 2.00 e. The maximum Gasteiger partial charge on any atom is 2.00 e. The molecule has 720 valence electrons. The third-order valence-corrected chi connectivity index (χ3v) is 23.9. The van der Waals surface area contributed by atoms with Crippen LogP contribution in [-0.4, -0.2) is 165 Å². The molecule has 0 N–H and O–H groups in total. The third-order valence-electron chi connectivity index (χ3n) is 23.9. The molecular weight excluding hydrogens is 2500 g/mol. The van der Waals surface area contributed by atoms with Gasteiger partial charge in [-0.1, -0.05) is 158 Å². The summed E-state index contributed by atoms with van der Waals surface area (Å²) >= 11 is 0. The molecule has 0 saturated carbocycles. The van der Waals surface area contributed by atoms with Crippen LogP contribution in [0.25, 0.3) is 61.1 Å². The smallest absolute Gasteiger partial charge is 0.531 e. The van der Waals surface area contributed by atoms with Gasteiger partial charge in [0.25, 0.3) is 12.1 Å². The van der Waals surface area contributed by atoms with Crippen LogP contribution in [0.1, 0.15) is 213 Å². The summed E-state index contributed by atoms with van der Waals surface area (Å²) < 4.78 is 50.2. The Balaban J connectivity index is 0.000000211. The van der Waals surface area contributed by atoms with Gasteiger partial charge in [0, 0.05) is 141 Å². The zero-order valence-electron chi connectivity index (χ0n) is 82.7. The number of ether oxygens (including phenoxy) is 4. The Morgan fingerprint density at radius 3 is 1.12 bits per heavy atom. The van der Waals surface area contributed by atoms with E-state index in [0.717, 1.165) is 22.5 Å². The number of hydrogen-bond donors (Lipinski definition) is 0. The first kappa shape index (κ1) is 106. The molecule has 0 aromatic carbocycles. The van der Waals surface area contributed by atoms with E-state index in [1.54, 1.807) is 121 Å². The van der Waals surface area contributed by atoms with E-state index in [0.29, 0.717) is 116 Å². The molecule has 0 radical (unpaired) electrons. The van der Waals surface area contributed by atoms with Crippen molar-refractivity contribution in [1.82, 2.24) is 136 Å². The van der Waals surface area contributed by atoms with Gasteiger partial charge in [0.1, 0.15) is 5.82 Å². The second-order valence-corrected chi connectivity index (χ2v) is 36.1. The molecule has 0 bridgehead atoms. The molecule has 0 spiro atoms. The molecular formula is C98H94N34O4Pt4. The number of aryl methyl sites for hydroxylation is 2. The molecule has 16 aromatic heterocycles. The molecule has 0 fully saturated rings. The van der Waals surface area contributed by atoms with Crippen molar-refractivity contribution in [3.05, 3.63) is 305 Å². The first-order valence-electron chi connectivity index (χ1n) is 43.1. The SMILES string of the molecule is COc1c(C)n[c-]n1-c1cncc(C(C)(C)c2cncc(-n3[c-]nc(C)c3OC)n2)n1.COc1cn[c-]n1-c1cncc(C(C)(C)c2cncc(-n3[c-]ncc3OC)n2)n1.[2H]c1c(C#N)n[c-]n1-c1cc(C(C)(C)C)cc(C(C)(C)c2cc(C(C)(C)C)cc(-n3[c-]nc([N+]#[C-])c3[2H])n2)n1.[C-]#[N+]c1n[c-]n(-c2cccc(C(C)(C)C(C)(C)C(C)(C)c3cccc(-n4[c-]nc(C#N)c4C#N)n3)n2)c1[N+]#[C-].[Pt+2].[Pt+2].[Pt+2].[Pt+2]. The van der Waals surface area contributed by atoms with Crippen LogP contribution in [0, 0.1) is 124 Å². The monoisotopic (exact) mass is 2590 g/mol. The van der Waals surface area contributed by atoms with Gasteiger partial charge in [-0.15, -0.1) is 0 Å². The fraction of sp³-hybridized carbons (Fsp3) is 0.327. The van der Waals surface area contributed by atoms with Crippen LogP contribution in [0.2, 0.25) is 0 Å². The minimum Gasteiger partial charge on any atom is -0.531 e. The Morgan fingerprint density at radius 1 is 0.364 bits per heavy atom. The molecule has 0 amide bonds. The molecule has 0 saturated heterocycles. The molecule has 0 atom stereocenters. The van der Waals surface area contributed by atoms with E-state index >= 15 is 0 Å². The first-order chi connectivity index (χ1) is 65.4. The fourth-order valence-corrected chi connectivity index (χ4v) is 14.2. The maximum absolute atomic E-state index is 9.57. The van der Waals surface area contributed by atoms with Crippen LogP contribution in [0.3, 0.4) is 0 Å². The van der Waals surface area contributed by atoms with Gasteiger partial charge in [-0.3, -0.25) is 64.4 Å². The topological polar surface area (TPSA) is 419 Å². The molecule has 16 heterocycles. The summed E-state index contributed by atoms with van der Waals surface area (Å²) in [5.74, 6) is 6.12. The fourth-order valence-electron chi connectivity index (χ4n) is 14.2. The average molecular weight is 2590 g/mol. The van der Waals surface area contributed by atoms with Gasteiger partial charge in [-0.05, 0) is 129 Å². The minimum absolute atomic E-state index is 0. The van der Waals surface area contributed by atoms with Crippen molar-refractivity contribution >= 4 is 17.5 Å². The van der Waals surface area contributed by atoms with Crippen molar-refractivity contribution in [1.29, 1.82) is 15.8 Å². The predicted octanol–water partition coefficient (Wildman–Crippen LogP) is 15.1. The van der Waals surface area contributed by atoms with Crippen LogP contribution in [0.5, 0.6) is 23.5 Å². The Morgan fingerprint density at radius 2 is 0.750 bits per heavy atom. The Kier molecular flexibility index (Phi) is 33.4. The number of pyridine rings is 4. The Bertz CT molecular complexity index is 7100. The van der Waals surface area contributed by atoms with E-state index in [9.17, 15) is 15.8 Å². The minimum atomic E-state index is -0.724. The number of nitrogens with zero attached hydrogens (tertiary/aromatic N) is 34. The Hall–Kier alpha value is -14.5. The van der Waals surface area contributed by atoms with Crippen LogP contribution in [0.4, 0.5) is 17.5 Å². The van der Waals surface area contributed by atoms with Crippen LogP contribution < -0.4 is 18.9 Å². The van der Waals surface area contributed by atoms with Crippen molar-refractivity contribution in [3.8, 4) is 88.3 Å². The van der Waals surface area contributed by atoms with Gasteiger partial charge < -0.3 is 95.4 Å². The van der Waals surface area contributed by atoms with E-state index in [1.807, 2.05) is 122 Å². The number of aromatic nitrogens is 28. The number of rotatable bonds is 22. The molecule has 16 aromatic rings. The number of methoxy groups -OCH3 is 4. The first-order valence-corrected chi connectivity index (χ1v) is 42.1. The molecule has 0 aliphatic carbocycles. The number of nitriles is 3. The summed E-state index contributed by atoms with van der Waals surface area (Å²) in [6, 6.07) is 24.8. The second kappa shape index (κ2) is 44.1. The summed E-state index contributed by atoms with van der Waals surface area (Å²) in [6.07, 6.45) is 38.6. The second-order valence-electron chi connectivity index (χ2n) is 36.1. The van der Waals surface area contributed by atoms with Crippen molar-refractivity contribution in [2.45, 2.75) is 176 Å². The van der Waals surface area contributed by atoms with E-state index in [-0.39, 0.29) is 142 Å². The normalized spacial score (nSPS) is 11.6. The van der Waals surface area contributed by atoms with Gasteiger partial charge in [0.15, 0.2) is 6.33 Å². The van der Waals surface area contributed by atoms with Crippen LogP contribution in [-0.2, 0) is 122 Å². The predicted molar refractivity (Wildman–Crippen MR) is 495 cm³/mol. The van der Waals surface area contributed by atoms with Gasteiger partial charge in [0.05, 0.1) is 150 Å². The number of hydrogen-bond acceptors (Lipinski definition) is 27. The van der Waals surface area contributed by atoms with Crippen molar-refractivity contribution < 1.29 is 106 Å². The van der Waals surface area contributed by atoms with Crippen molar-refractivity contribution in [2.75, 3.05) is 28.4 Å². The summed E-state index contributed by atoms with van der Waals surface area (Å²) in [5, 5.41) is 28.2. The number of imidazole rings is 8. The van der Waals surface area contributed by atoms with Gasteiger partial charge in [-0.25, -0.2) is 15.8 Å². The van der Waals surface area contributed by atoms with E-state index in [2.05, 4.69) is 208 Å². The average Bonchev–Trinajstić information content (AvgIpc) is 0.768. The summed E-state index contributed by atoms with van der Waals surface area (Å²) in [4.78, 5) is 98.1. The molecule has 0 aliphatic rings. The Labute approximate surface area is 872 Å². The van der Waals surface area contributed by atoms with Crippen molar-refractivity contribution in [2.24, 2.45) is 5.41 Å². The van der Waals surface area contributed by atoms with Crippen molar-refractivity contribution in [3.63, 3.8) is 0 Å². The summed E-state index contributed by atoms with van der Waals surface area (Å²) in [6.45, 7) is 63.1. The molecule has 16 rings (SSSR count). The zero-order valence-corrected chi connectivity index (χ0v) is 89.7. The quantitative estimate of drug-likeness (QED) is 0.0569. The van der Waals surface area contributed by atoms with E-state index < -0.39 is 32.5 Å². The molecule has 42 heteroatoms. The molecule has 0 unspecified atom stereocenters. The van der Waals surface area contributed by atoms with Gasteiger partial charge >= 0.3 is 90.1 Å². The summed E-state index contributed by atoms with van der Waals surface area (Å²) in [7, 11) is 6.29. The third kappa shape index (κ3) is 22.1. The van der Waals surface area contributed by atoms with Crippen LogP contribution >= 0.6 is 0 Å². The molecule has 140 heavy (non-hydrogen) atoms. The standard InChI is InChI=1S/C29H24N10.C29H30N8.C21H22N8O2.C19H18N8O2.4Pt/c1-27(2,21-11-9-13-23(36-21)38-17-34-19(15-30)20(38)16-31)29(5,6)28(3,4)22-12-10-14-24(37-22)39-18-35-25(32-7)26(39)33-8;1-27(2,3)19-10-22(34-25(12-19)36-15-21(14-30)32-17-36)29(7,8)23-11-20(28(4,5)6)13-26(35-23)37-16-24(31-9)33-18-37;1-13-19(30-5)28(11-24-13)17-9-22-7-15(26-17)21(3,4)16-8-23-10-18(27-16)29-12-25-14(2)20(29)31-6;1-19(2,13-5-20-7-15(24-13)26-11-22-9-17(26)28-3)14-6-21-8-16(25-14)27-12-23-10-18(27)29-4;;;;/h9-14H,1-6H3;10-13,15-16H,1-8H3;7-10H,1-6H3;5-10H,1-4H3;;;;/q4*-2;4*+2/i;15D,16D;;;;;;. The van der Waals surface area contributed by atoms with Gasteiger partial charge in [-0.2, -0.15) is 4.98 Å². The van der Waals surface area contributed by atoms with Crippen LogP contribution in [0.15, 0.2) is 135 Å². The van der Waals surface area contributed by atoms with E-state index in [1.165, 1.54) is 18.3 Å². The van der Waals surface area contributed by atoms with E-state index in [4.69, 9.17) is 81.3 Å².